The molecule has 1 aromatic heterocycles. The Kier molecular flexibility index (Phi) is 4.36. The molecule has 1 aliphatic heterocycles. The van der Waals surface area contributed by atoms with E-state index in [1.165, 1.54) is 11.3 Å². The summed E-state index contributed by atoms with van der Waals surface area (Å²) in [6.07, 6.45) is 4.02. The Morgan fingerprint density at radius 3 is 2.90 bits per heavy atom. The van der Waals surface area contributed by atoms with Crippen molar-refractivity contribution in [1.29, 1.82) is 0 Å². The van der Waals surface area contributed by atoms with Crippen molar-refractivity contribution in [3.05, 3.63) is 54.2 Å². The Balaban J connectivity index is 1.57. The topological polar surface area (TPSA) is 51.4 Å². The summed E-state index contributed by atoms with van der Waals surface area (Å²) in [7, 11) is 0. The van der Waals surface area contributed by atoms with Gasteiger partial charge in [-0.05, 0) is 42.7 Å². The number of nitrogens with zero attached hydrogens (tertiary/aromatic N) is 2. The van der Waals surface area contributed by atoms with E-state index >= 15 is 0 Å². The van der Waals surface area contributed by atoms with Gasteiger partial charge in [0.25, 0.3) is 0 Å². The molecule has 0 bridgehead atoms. The highest BCUT2D eigenvalue weighted by Gasteiger charge is 2.20. The standard InChI is InChI=1S/C17H21N3O/c18-17-12-14(8-9-19-17)6-7-16-13-20(10-11-21-16)15-4-2-1-3-5-15/h1-5,8-9,12,16H,6-7,10-11,13H2,(H2,18,19)/t16-/m0/s1. The van der Waals surface area contributed by atoms with Crippen LogP contribution in [0.25, 0.3) is 0 Å². The third kappa shape index (κ3) is 3.73. The highest BCUT2D eigenvalue weighted by atomic mass is 16.5. The van der Waals surface area contributed by atoms with Crippen LogP contribution in [0.5, 0.6) is 0 Å². The molecule has 2 heterocycles. The highest BCUT2D eigenvalue weighted by Crippen LogP contribution is 2.19. The van der Waals surface area contributed by atoms with Crippen molar-refractivity contribution in [2.75, 3.05) is 30.3 Å². The molecule has 1 saturated heterocycles. The van der Waals surface area contributed by atoms with Crippen LogP contribution in [0.3, 0.4) is 0 Å². The molecule has 3 rings (SSSR count). The van der Waals surface area contributed by atoms with Crippen molar-refractivity contribution in [3.63, 3.8) is 0 Å². The number of hydrogen-bond acceptors (Lipinski definition) is 4. The number of aromatic nitrogens is 1. The van der Waals surface area contributed by atoms with Crippen LogP contribution in [0.15, 0.2) is 48.7 Å². The lowest BCUT2D eigenvalue weighted by atomic mass is 10.1. The van der Waals surface area contributed by atoms with Crippen LogP contribution in [0, 0.1) is 0 Å². The van der Waals surface area contributed by atoms with Gasteiger partial charge in [-0.2, -0.15) is 0 Å². The van der Waals surface area contributed by atoms with E-state index in [2.05, 4.69) is 40.2 Å². The molecule has 0 amide bonds. The fourth-order valence-corrected chi connectivity index (χ4v) is 2.74. The summed E-state index contributed by atoms with van der Waals surface area (Å²) in [4.78, 5) is 6.42. The third-order valence-corrected chi connectivity index (χ3v) is 3.86. The fraction of sp³-hybridized carbons (Fsp3) is 0.353. The number of nitrogen functional groups attached to an aromatic ring is 1. The van der Waals surface area contributed by atoms with E-state index in [1.807, 2.05) is 12.1 Å². The lowest BCUT2D eigenvalue weighted by Crippen LogP contribution is -2.42. The number of benzene rings is 1. The molecule has 2 N–H and O–H groups in total. The number of morpholine rings is 1. The molecule has 0 radical (unpaired) electrons. The molecule has 1 fully saturated rings. The zero-order chi connectivity index (χ0) is 14.5. The average molecular weight is 283 g/mol. The number of hydrogen-bond donors (Lipinski definition) is 1. The van der Waals surface area contributed by atoms with Crippen LogP contribution in [-0.4, -0.2) is 30.8 Å². The molecule has 2 aromatic rings. The fourth-order valence-electron chi connectivity index (χ4n) is 2.74. The molecule has 21 heavy (non-hydrogen) atoms. The van der Waals surface area contributed by atoms with Gasteiger partial charge in [0.1, 0.15) is 5.82 Å². The first-order chi connectivity index (χ1) is 10.3. The van der Waals surface area contributed by atoms with E-state index in [0.29, 0.717) is 5.82 Å². The lowest BCUT2D eigenvalue weighted by molar-refractivity contribution is 0.0355. The van der Waals surface area contributed by atoms with E-state index in [-0.39, 0.29) is 6.10 Å². The molecule has 1 atom stereocenters. The Morgan fingerprint density at radius 1 is 1.24 bits per heavy atom. The van der Waals surface area contributed by atoms with Crippen molar-refractivity contribution in [2.45, 2.75) is 18.9 Å². The molecule has 0 spiro atoms. The zero-order valence-corrected chi connectivity index (χ0v) is 12.1. The molecular formula is C17H21N3O. The first-order valence-electron chi connectivity index (χ1n) is 7.43. The maximum Gasteiger partial charge on any atom is 0.123 e. The van der Waals surface area contributed by atoms with Gasteiger partial charge >= 0.3 is 0 Å². The summed E-state index contributed by atoms with van der Waals surface area (Å²) < 4.78 is 5.89. The Hall–Kier alpha value is -2.07. The van der Waals surface area contributed by atoms with Gasteiger partial charge in [-0.1, -0.05) is 18.2 Å². The number of rotatable bonds is 4. The maximum atomic E-state index is 5.89. The summed E-state index contributed by atoms with van der Waals surface area (Å²) in [5, 5.41) is 0. The van der Waals surface area contributed by atoms with Crippen LogP contribution in [0.2, 0.25) is 0 Å². The van der Waals surface area contributed by atoms with Crippen molar-refractivity contribution in [2.24, 2.45) is 0 Å². The second kappa shape index (κ2) is 6.59. The van der Waals surface area contributed by atoms with Gasteiger partial charge in [-0.25, -0.2) is 4.98 Å². The van der Waals surface area contributed by atoms with E-state index in [4.69, 9.17) is 10.5 Å². The van der Waals surface area contributed by atoms with Crippen molar-refractivity contribution >= 4 is 11.5 Å². The van der Waals surface area contributed by atoms with Crippen LogP contribution in [-0.2, 0) is 11.2 Å². The Labute approximate surface area is 125 Å². The summed E-state index contributed by atoms with van der Waals surface area (Å²) >= 11 is 0. The van der Waals surface area contributed by atoms with E-state index < -0.39 is 0 Å². The summed E-state index contributed by atoms with van der Waals surface area (Å²) in [5.41, 5.74) is 8.22. The van der Waals surface area contributed by atoms with Gasteiger partial charge < -0.3 is 15.4 Å². The molecule has 1 aromatic carbocycles. The molecule has 1 aliphatic rings. The predicted molar refractivity (Wildman–Crippen MR) is 85.4 cm³/mol. The van der Waals surface area contributed by atoms with E-state index in [0.717, 1.165) is 32.5 Å². The van der Waals surface area contributed by atoms with Gasteiger partial charge in [-0.3, -0.25) is 0 Å². The van der Waals surface area contributed by atoms with Crippen molar-refractivity contribution in [3.8, 4) is 0 Å². The SMILES string of the molecule is Nc1cc(CC[C@H]2CN(c3ccccc3)CCO2)ccn1. The molecule has 0 saturated carbocycles. The molecule has 0 unspecified atom stereocenters. The zero-order valence-electron chi connectivity index (χ0n) is 12.1. The third-order valence-electron chi connectivity index (χ3n) is 3.86. The van der Waals surface area contributed by atoms with Gasteiger partial charge in [-0.15, -0.1) is 0 Å². The van der Waals surface area contributed by atoms with Crippen molar-refractivity contribution < 1.29 is 4.74 Å². The van der Waals surface area contributed by atoms with Gasteiger partial charge in [0.05, 0.1) is 12.7 Å². The number of anilines is 2. The second-order valence-corrected chi connectivity index (χ2v) is 5.40. The number of nitrogens with two attached hydrogens (primary N) is 1. The van der Waals surface area contributed by atoms with Crippen LogP contribution < -0.4 is 10.6 Å². The first-order valence-corrected chi connectivity index (χ1v) is 7.43. The Morgan fingerprint density at radius 2 is 2.10 bits per heavy atom. The lowest BCUT2D eigenvalue weighted by Gasteiger charge is -2.34. The van der Waals surface area contributed by atoms with Gasteiger partial charge in [0.2, 0.25) is 0 Å². The largest absolute Gasteiger partial charge is 0.384 e. The molecular weight excluding hydrogens is 262 g/mol. The average Bonchev–Trinajstić information content (AvgIpc) is 2.54. The number of para-hydroxylation sites is 1. The highest BCUT2D eigenvalue weighted by molar-refractivity contribution is 5.46. The molecule has 4 nitrogen and oxygen atoms in total. The predicted octanol–water partition coefficient (Wildman–Crippen LogP) is 2.50. The summed E-state index contributed by atoms with van der Waals surface area (Å²) in [6, 6.07) is 14.5. The van der Waals surface area contributed by atoms with Crippen LogP contribution >= 0.6 is 0 Å². The summed E-state index contributed by atoms with van der Waals surface area (Å²) in [5.74, 6) is 0.586. The van der Waals surface area contributed by atoms with Crippen molar-refractivity contribution in [1.82, 2.24) is 4.98 Å². The molecule has 4 heteroatoms. The second-order valence-electron chi connectivity index (χ2n) is 5.40. The van der Waals surface area contributed by atoms with Gasteiger partial charge in [0, 0.05) is 25.0 Å². The number of ether oxygens (including phenoxy) is 1. The molecule has 0 aliphatic carbocycles. The van der Waals surface area contributed by atoms with E-state index in [1.54, 1.807) is 6.20 Å². The minimum atomic E-state index is 0.272. The maximum absolute atomic E-state index is 5.89. The summed E-state index contributed by atoms with van der Waals surface area (Å²) in [6.45, 7) is 2.70. The Bertz CT molecular complexity index is 573. The minimum absolute atomic E-state index is 0.272. The molecule has 110 valence electrons. The minimum Gasteiger partial charge on any atom is -0.384 e. The van der Waals surface area contributed by atoms with Gasteiger partial charge in [0.15, 0.2) is 0 Å². The van der Waals surface area contributed by atoms with Crippen LogP contribution in [0.4, 0.5) is 11.5 Å². The van der Waals surface area contributed by atoms with Crippen LogP contribution in [0.1, 0.15) is 12.0 Å². The quantitative estimate of drug-likeness (QED) is 0.936. The first kappa shape index (κ1) is 13.9. The number of aryl methyl sites for hydroxylation is 1. The normalized spacial score (nSPS) is 18.7. The van der Waals surface area contributed by atoms with E-state index in [9.17, 15) is 0 Å². The monoisotopic (exact) mass is 283 g/mol. The smallest absolute Gasteiger partial charge is 0.123 e. The number of pyridine rings is 1.